The largest absolute Gasteiger partial charge is 0.492 e. The van der Waals surface area contributed by atoms with Gasteiger partial charge in [0.25, 0.3) is 0 Å². The molecule has 0 aliphatic heterocycles. The first-order valence-electron chi connectivity index (χ1n) is 6.52. The van der Waals surface area contributed by atoms with Crippen LogP contribution in [-0.4, -0.2) is 41.8 Å². The van der Waals surface area contributed by atoms with Gasteiger partial charge in [-0.05, 0) is 44.7 Å². The van der Waals surface area contributed by atoms with E-state index < -0.39 is 5.60 Å². The van der Waals surface area contributed by atoms with Gasteiger partial charge in [0.05, 0.1) is 17.2 Å². The Morgan fingerprint density at radius 1 is 1.32 bits per heavy atom. The molecule has 4 nitrogen and oxygen atoms in total. The lowest BCUT2D eigenvalue weighted by Gasteiger charge is -2.27. The number of nitriles is 1. The van der Waals surface area contributed by atoms with Crippen molar-refractivity contribution in [2.75, 3.05) is 26.2 Å². The molecule has 0 aliphatic rings. The second kappa shape index (κ2) is 7.13. The van der Waals surface area contributed by atoms with Gasteiger partial charge in [0.1, 0.15) is 12.4 Å². The van der Waals surface area contributed by atoms with Crippen molar-refractivity contribution in [1.82, 2.24) is 4.90 Å². The fourth-order valence-corrected chi connectivity index (χ4v) is 1.81. The zero-order chi connectivity index (χ0) is 14.3. The highest BCUT2D eigenvalue weighted by Crippen LogP contribution is 2.11. The van der Waals surface area contributed by atoms with Crippen LogP contribution in [0.2, 0.25) is 0 Å². The third-order valence-electron chi connectivity index (χ3n) is 2.72. The summed E-state index contributed by atoms with van der Waals surface area (Å²) in [6.07, 6.45) is 0. The number of nitrogens with zero attached hydrogens (tertiary/aromatic N) is 2. The zero-order valence-corrected chi connectivity index (χ0v) is 11.9. The van der Waals surface area contributed by atoms with E-state index in [0.29, 0.717) is 18.7 Å². The van der Waals surface area contributed by atoms with Crippen LogP contribution in [0.3, 0.4) is 0 Å². The fraction of sp³-hybridized carbons (Fsp3) is 0.533. The van der Waals surface area contributed by atoms with Gasteiger partial charge in [0.2, 0.25) is 0 Å². The lowest BCUT2D eigenvalue weighted by atomic mass is 10.1. The molecule has 0 saturated heterocycles. The molecule has 0 saturated carbocycles. The van der Waals surface area contributed by atoms with Crippen LogP contribution in [0.15, 0.2) is 24.3 Å². The summed E-state index contributed by atoms with van der Waals surface area (Å²) in [6.45, 7) is 8.50. The maximum Gasteiger partial charge on any atom is 0.119 e. The smallest absolute Gasteiger partial charge is 0.119 e. The van der Waals surface area contributed by atoms with Crippen LogP contribution < -0.4 is 4.74 Å². The minimum atomic E-state index is -0.690. The third kappa shape index (κ3) is 6.23. The van der Waals surface area contributed by atoms with Crippen molar-refractivity contribution in [3.05, 3.63) is 29.8 Å². The van der Waals surface area contributed by atoms with E-state index in [1.807, 2.05) is 0 Å². The van der Waals surface area contributed by atoms with E-state index in [1.54, 1.807) is 38.1 Å². The van der Waals surface area contributed by atoms with Crippen LogP contribution >= 0.6 is 0 Å². The van der Waals surface area contributed by atoms with Gasteiger partial charge >= 0.3 is 0 Å². The molecule has 0 unspecified atom stereocenters. The van der Waals surface area contributed by atoms with E-state index in [1.165, 1.54) is 0 Å². The summed E-state index contributed by atoms with van der Waals surface area (Å²) in [5.41, 5.74) is -0.0608. The Morgan fingerprint density at radius 3 is 2.42 bits per heavy atom. The van der Waals surface area contributed by atoms with Gasteiger partial charge in [-0.1, -0.05) is 6.92 Å². The molecular weight excluding hydrogens is 240 g/mol. The molecule has 1 rings (SSSR count). The molecule has 0 aromatic heterocycles. The summed E-state index contributed by atoms with van der Waals surface area (Å²) >= 11 is 0. The van der Waals surface area contributed by atoms with Crippen LogP contribution in [0.25, 0.3) is 0 Å². The molecule has 0 atom stereocenters. The van der Waals surface area contributed by atoms with Gasteiger partial charge < -0.3 is 9.84 Å². The Morgan fingerprint density at radius 2 is 1.95 bits per heavy atom. The van der Waals surface area contributed by atoms with Gasteiger partial charge in [0.15, 0.2) is 0 Å². The number of aliphatic hydroxyl groups is 1. The van der Waals surface area contributed by atoms with E-state index in [9.17, 15) is 5.11 Å². The summed E-state index contributed by atoms with van der Waals surface area (Å²) in [4.78, 5) is 2.14. The highest BCUT2D eigenvalue weighted by molar-refractivity contribution is 5.34. The lowest BCUT2D eigenvalue weighted by molar-refractivity contribution is 0.0340. The number of benzene rings is 1. The first-order chi connectivity index (χ1) is 8.94. The maximum absolute atomic E-state index is 9.78. The van der Waals surface area contributed by atoms with Crippen molar-refractivity contribution in [3.8, 4) is 11.8 Å². The van der Waals surface area contributed by atoms with Gasteiger partial charge in [-0.3, -0.25) is 4.90 Å². The second-order valence-corrected chi connectivity index (χ2v) is 5.17. The summed E-state index contributed by atoms with van der Waals surface area (Å²) in [5.74, 6) is 0.762. The predicted octanol–water partition coefficient (Wildman–Crippen LogP) is 2.03. The Balaban J connectivity index is 2.37. The second-order valence-electron chi connectivity index (χ2n) is 5.17. The lowest BCUT2D eigenvalue weighted by Crippen LogP contribution is -2.40. The quantitative estimate of drug-likeness (QED) is 0.817. The molecule has 0 fully saturated rings. The molecule has 0 bridgehead atoms. The SMILES string of the molecule is CCN(CCOc1ccc(C#N)cc1)CC(C)(C)O. The maximum atomic E-state index is 9.78. The first kappa shape index (κ1) is 15.5. The average molecular weight is 262 g/mol. The molecule has 4 heteroatoms. The summed E-state index contributed by atoms with van der Waals surface area (Å²) in [5, 5.41) is 18.5. The van der Waals surface area contributed by atoms with Crippen LogP contribution in [0.5, 0.6) is 5.75 Å². The highest BCUT2D eigenvalue weighted by atomic mass is 16.5. The molecule has 0 spiro atoms. The normalized spacial score (nSPS) is 11.4. The van der Waals surface area contributed by atoms with Crippen molar-refractivity contribution in [2.45, 2.75) is 26.4 Å². The first-order valence-corrected chi connectivity index (χ1v) is 6.52. The number of hydrogen-bond acceptors (Lipinski definition) is 4. The molecule has 0 amide bonds. The number of likely N-dealkylation sites (N-methyl/N-ethyl adjacent to an activating group) is 1. The molecule has 0 aliphatic carbocycles. The Kier molecular flexibility index (Phi) is 5.81. The minimum absolute atomic E-state index is 0.565. The Hall–Kier alpha value is -1.57. The summed E-state index contributed by atoms with van der Waals surface area (Å²) < 4.78 is 5.62. The van der Waals surface area contributed by atoms with Gasteiger partial charge in [-0.25, -0.2) is 0 Å². The Bertz CT molecular complexity index is 415. The molecule has 1 aromatic rings. The molecular formula is C15H22N2O2. The predicted molar refractivity (Wildman–Crippen MR) is 75.1 cm³/mol. The molecule has 19 heavy (non-hydrogen) atoms. The molecule has 0 radical (unpaired) electrons. The standard InChI is InChI=1S/C15H22N2O2/c1-4-17(12-15(2,3)18)9-10-19-14-7-5-13(11-16)6-8-14/h5-8,18H,4,9-10,12H2,1-3H3. The van der Waals surface area contributed by atoms with Gasteiger partial charge in [0, 0.05) is 13.1 Å². The van der Waals surface area contributed by atoms with Crippen molar-refractivity contribution >= 4 is 0 Å². The summed E-state index contributed by atoms with van der Waals surface area (Å²) in [6, 6.07) is 9.14. The molecule has 104 valence electrons. The van der Waals surface area contributed by atoms with E-state index in [-0.39, 0.29) is 0 Å². The van der Waals surface area contributed by atoms with Crippen molar-refractivity contribution in [1.29, 1.82) is 5.26 Å². The highest BCUT2D eigenvalue weighted by Gasteiger charge is 2.16. The van der Waals surface area contributed by atoms with E-state index in [4.69, 9.17) is 10.00 Å². The minimum Gasteiger partial charge on any atom is -0.492 e. The van der Waals surface area contributed by atoms with E-state index >= 15 is 0 Å². The fourth-order valence-electron chi connectivity index (χ4n) is 1.81. The number of ether oxygens (including phenoxy) is 1. The van der Waals surface area contributed by atoms with Crippen molar-refractivity contribution in [3.63, 3.8) is 0 Å². The van der Waals surface area contributed by atoms with Crippen molar-refractivity contribution in [2.24, 2.45) is 0 Å². The number of rotatable bonds is 7. The topological polar surface area (TPSA) is 56.5 Å². The zero-order valence-electron chi connectivity index (χ0n) is 11.9. The molecule has 0 heterocycles. The molecule has 1 N–H and O–H groups in total. The van der Waals surface area contributed by atoms with Gasteiger partial charge in [-0.15, -0.1) is 0 Å². The molecule has 1 aromatic carbocycles. The van der Waals surface area contributed by atoms with Crippen LogP contribution in [0.4, 0.5) is 0 Å². The Labute approximate surface area is 115 Å². The van der Waals surface area contributed by atoms with E-state index in [0.717, 1.165) is 18.8 Å². The average Bonchev–Trinajstić information content (AvgIpc) is 2.37. The monoisotopic (exact) mass is 262 g/mol. The third-order valence-corrected chi connectivity index (χ3v) is 2.72. The van der Waals surface area contributed by atoms with Crippen LogP contribution in [-0.2, 0) is 0 Å². The van der Waals surface area contributed by atoms with E-state index in [2.05, 4.69) is 17.9 Å². The number of hydrogen-bond donors (Lipinski definition) is 1. The van der Waals surface area contributed by atoms with Gasteiger partial charge in [-0.2, -0.15) is 5.26 Å². The van der Waals surface area contributed by atoms with Crippen LogP contribution in [0.1, 0.15) is 26.3 Å². The van der Waals surface area contributed by atoms with Crippen molar-refractivity contribution < 1.29 is 9.84 Å². The summed E-state index contributed by atoms with van der Waals surface area (Å²) in [7, 11) is 0. The van der Waals surface area contributed by atoms with Crippen LogP contribution in [0, 0.1) is 11.3 Å².